The monoisotopic (exact) mass is 256 g/mol. The number of aliphatic hydroxyl groups excluding tert-OH is 1. The van der Waals surface area contributed by atoms with Crippen molar-refractivity contribution in [2.24, 2.45) is 0 Å². The Hall–Kier alpha value is -0.830. The maximum Gasteiger partial charge on any atom is 0.330 e. The Morgan fingerprint density at radius 3 is 2.44 bits per heavy atom. The van der Waals surface area contributed by atoms with Crippen LogP contribution in [0.2, 0.25) is 0 Å². The lowest BCUT2D eigenvalue weighted by Gasteiger charge is -2.09. The van der Waals surface area contributed by atoms with Gasteiger partial charge in [-0.15, -0.1) is 0 Å². The Morgan fingerprint density at radius 1 is 1.17 bits per heavy atom. The molecule has 0 saturated carbocycles. The number of esters is 1. The van der Waals surface area contributed by atoms with Gasteiger partial charge in [0.2, 0.25) is 0 Å². The molecule has 0 saturated heterocycles. The van der Waals surface area contributed by atoms with Gasteiger partial charge in [0.1, 0.15) is 0 Å². The quantitative estimate of drug-likeness (QED) is 0.329. The highest BCUT2D eigenvalue weighted by atomic mass is 16.5. The van der Waals surface area contributed by atoms with Crippen LogP contribution < -0.4 is 0 Å². The molecule has 3 nitrogen and oxygen atoms in total. The van der Waals surface area contributed by atoms with E-state index in [4.69, 9.17) is 4.74 Å². The lowest BCUT2D eigenvalue weighted by Crippen LogP contribution is -2.05. The molecule has 0 aliphatic carbocycles. The number of hydrogen-bond donors (Lipinski definition) is 1. The number of unbranched alkanes of at least 4 members (excludes halogenated alkanes) is 5. The van der Waals surface area contributed by atoms with Crippen molar-refractivity contribution in [2.45, 2.75) is 70.8 Å². The molecule has 0 spiro atoms. The van der Waals surface area contributed by atoms with Crippen molar-refractivity contribution in [1.29, 1.82) is 0 Å². The van der Waals surface area contributed by atoms with Crippen LogP contribution in [0.1, 0.15) is 64.7 Å². The van der Waals surface area contributed by atoms with Crippen molar-refractivity contribution < 1.29 is 14.6 Å². The van der Waals surface area contributed by atoms with Gasteiger partial charge in [0.15, 0.2) is 0 Å². The zero-order valence-corrected chi connectivity index (χ0v) is 11.7. The largest absolute Gasteiger partial charge is 0.463 e. The molecule has 0 rings (SSSR count). The first-order valence-corrected chi connectivity index (χ1v) is 7.18. The van der Waals surface area contributed by atoms with Crippen molar-refractivity contribution in [3.8, 4) is 0 Å². The minimum absolute atomic E-state index is 0.113. The van der Waals surface area contributed by atoms with Gasteiger partial charge in [-0.25, -0.2) is 4.79 Å². The van der Waals surface area contributed by atoms with E-state index in [-0.39, 0.29) is 12.1 Å². The van der Waals surface area contributed by atoms with Crippen LogP contribution in [0.15, 0.2) is 12.7 Å². The molecule has 0 radical (unpaired) electrons. The average molecular weight is 256 g/mol. The van der Waals surface area contributed by atoms with E-state index in [2.05, 4.69) is 13.5 Å². The fourth-order valence-corrected chi connectivity index (χ4v) is 1.83. The molecule has 1 atom stereocenters. The van der Waals surface area contributed by atoms with Crippen molar-refractivity contribution in [3.05, 3.63) is 12.7 Å². The standard InChI is InChI=1S/C15H28O3/c1-3-5-11-14(16)12-9-7-6-8-10-13-18-15(17)4-2/h4,14,16H,2-3,5-13H2,1H3. The molecule has 3 heteroatoms. The minimum atomic E-state index is -0.339. The van der Waals surface area contributed by atoms with Crippen molar-refractivity contribution in [1.82, 2.24) is 0 Å². The molecule has 106 valence electrons. The van der Waals surface area contributed by atoms with Crippen LogP contribution in [0.25, 0.3) is 0 Å². The van der Waals surface area contributed by atoms with Crippen molar-refractivity contribution >= 4 is 5.97 Å². The van der Waals surface area contributed by atoms with E-state index >= 15 is 0 Å². The van der Waals surface area contributed by atoms with Gasteiger partial charge in [0.05, 0.1) is 12.7 Å². The SMILES string of the molecule is C=CC(=O)OCCCCCCCC(O)CCCC. The summed E-state index contributed by atoms with van der Waals surface area (Å²) >= 11 is 0. The fourth-order valence-electron chi connectivity index (χ4n) is 1.83. The Morgan fingerprint density at radius 2 is 1.78 bits per heavy atom. The molecule has 18 heavy (non-hydrogen) atoms. The second-order valence-corrected chi connectivity index (χ2v) is 4.72. The third-order valence-electron chi connectivity index (χ3n) is 2.98. The Bertz CT molecular complexity index is 214. The van der Waals surface area contributed by atoms with Crippen LogP contribution in [0.3, 0.4) is 0 Å². The van der Waals surface area contributed by atoms with Gasteiger partial charge in [-0.2, -0.15) is 0 Å². The van der Waals surface area contributed by atoms with Gasteiger partial charge in [0, 0.05) is 6.08 Å². The number of ether oxygens (including phenoxy) is 1. The van der Waals surface area contributed by atoms with Gasteiger partial charge < -0.3 is 9.84 Å². The van der Waals surface area contributed by atoms with Gasteiger partial charge >= 0.3 is 5.97 Å². The zero-order valence-electron chi connectivity index (χ0n) is 11.7. The van der Waals surface area contributed by atoms with E-state index in [9.17, 15) is 9.90 Å². The maximum absolute atomic E-state index is 10.7. The molecule has 0 aromatic carbocycles. The molecular formula is C15H28O3. The van der Waals surface area contributed by atoms with Crippen LogP contribution in [0, 0.1) is 0 Å². The zero-order chi connectivity index (χ0) is 13.6. The number of carbonyl (C=O) groups excluding carboxylic acids is 1. The highest BCUT2D eigenvalue weighted by Gasteiger charge is 2.02. The van der Waals surface area contributed by atoms with E-state index < -0.39 is 0 Å². The second kappa shape index (κ2) is 12.6. The summed E-state index contributed by atoms with van der Waals surface area (Å²) in [6, 6.07) is 0. The van der Waals surface area contributed by atoms with Crippen LogP contribution in [0.4, 0.5) is 0 Å². The normalized spacial score (nSPS) is 12.1. The molecule has 0 fully saturated rings. The second-order valence-electron chi connectivity index (χ2n) is 4.72. The van der Waals surface area contributed by atoms with Crippen molar-refractivity contribution in [2.75, 3.05) is 6.61 Å². The third kappa shape index (κ3) is 11.6. The molecule has 0 bridgehead atoms. The first-order chi connectivity index (χ1) is 8.70. The van der Waals surface area contributed by atoms with Gasteiger partial charge in [0.25, 0.3) is 0 Å². The predicted octanol–water partition coefficient (Wildman–Crippen LogP) is 3.61. The van der Waals surface area contributed by atoms with E-state index in [1.807, 2.05) is 0 Å². The number of aliphatic hydroxyl groups is 1. The Labute approximate surface area is 111 Å². The van der Waals surface area contributed by atoms with Crippen LogP contribution in [-0.2, 0) is 9.53 Å². The summed E-state index contributed by atoms with van der Waals surface area (Å²) in [6.07, 6.45) is 10.6. The fraction of sp³-hybridized carbons (Fsp3) is 0.800. The van der Waals surface area contributed by atoms with E-state index in [1.165, 1.54) is 6.08 Å². The molecule has 0 aliphatic heterocycles. The molecule has 1 N–H and O–H groups in total. The summed E-state index contributed by atoms with van der Waals surface area (Å²) in [7, 11) is 0. The molecule has 0 aliphatic rings. The smallest absolute Gasteiger partial charge is 0.330 e. The summed E-state index contributed by atoms with van der Waals surface area (Å²) in [6.45, 7) is 5.97. The average Bonchev–Trinajstić information content (AvgIpc) is 2.38. The first-order valence-electron chi connectivity index (χ1n) is 7.18. The first kappa shape index (κ1) is 17.2. The summed E-state index contributed by atoms with van der Waals surface area (Å²) in [4.78, 5) is 10.7. The Kier molecular flexibility index (Phi) is 12.0. The highest BCUT2D eigenvalue weighted by Crippen LogP contribution is 2.11. The minimum Gasteiger partial charge on any atom is -0.463 e. The molecular weight excluding hydrogens is 228 g/mol. The molecule has 0 heterocycles. The van der Waals surface area contributed by atoms with Gasteiger partial charge in [-0.3, -0.25) is 0 Å². The van der Waals surface area contributed by atoms with E-state index in [0.717, 1.165) is 57.8 Å². The van der Waals surface area contributed by atoms with E-state index in [1.54, 1.807) is 0 Å². The third-order valence-corrected chi connectivity index (χ3v) is 2.98. The highest BCUT2D eigenvalue weighted by molar-refractivity contribution is 5.81. The summed E-state index contributed by atoms with van der Waals surface area (Å²) in [5, 5.41) is 9.64. The molecule has 0 amide bonds. The number of carbonyl (C=O) groups is 1. The Balaban J connectivity index is 3.16. The van der Waals surface area contributed by atoms with E-state index in [0.29, 0.717) is 6.61 Å². The van der Waals surface area contributed by atoms with Crippen molar-refractivity contribution in [3.63, 3.8) is 0 Å². The molecule has 1 unspecified atom stereocenters. The lowest BCUT2D eigenvalue weighted by molar-refractivity contribution is -0.137. The van der Waals surface area contributed by atoms with Crippen LogP contribution in [-0.4, -0.2) is 23.8 Å². The van der Waals surface area contributed by atoms with Gasteiger partial charge in [-0.05, 0) is 19.3 Å². The maximum atomic E-state index is 10.7. The summed E-state index contributed by atoms with van der Waals surface area (Å²) in [5.41, 5.74) is 0. The summed E-state index contributed by atoms with van der Waals surface area (Å²) < 4.78 is 4.88. The number of hydrogen-bond acceptors (Lipinski definition) is 3. The van der Waals surface area contributed by atoms with Crippen LogP contribution >= 0.6 is 0 Å². The number of rotatable bonds is 12. The molecule has 0 aromatic rings. The lowest BCUT2D eigenvalue weighted by atomic mass is 10.0. The predicted molar refractivity (Wildman–Crippen MR) is 74.4 cm³/mol. The van der Waals surface area contributed by atoms with Gasteiger partial charge in [-0.1, -0.05) is 52.0 Å². The van der Waals surface area contributed by atoms with Crippen LogP contribution in [0.5, 0.6) is 0 Å². The molecule has 0 aromatic heterocycles. The topological polar surface area (TPSA) is 46.5 Å². The summed E-state index contributed by atoms with van der Waals surface area (Å²) in [5.74, 6) is -0.339.